The number of nitrogens with two attached hydrogens (primary N) is 1. The zero-order valence-corrected chi connectivity index (χ0v) is 12.5. The fraction of sp³-hybridized carbons (Fsp3) is 0.571. The van der Waals surface area contributed by atoms with Crippen LogP contribution in [-0.2, 0) is 6.54 Å². The summed E-state index contributed by atoms with van der Waals surface area (Å²) in [5.74, 6) is 1.37. The first-order valence-corrected chi connectivity index (χ1v) is 7.92. The van der Waals surface area contributed by atoms with Gasteiger partial charge in [0, 0.05) is 12.1 Å². The van der Waals surface area contributed by atoms with Crippen LogP contribution in [0.5, 0.6) is 0 Å². The van der Waals surface area contributed by atoms with Gasteiger partial charge in [0.1, 0.15) is 0 Å². The van der Waals surface area contributed by atoms with Gasteiger partial charge in [-0.15, -0.1) is 11.3 Å². The van der Waals surface area contributed by atoms with Crippen molar-refractivity contribution < 1.29 is 4.52 Å². The molecule has 20 heavy (non-hydrogen) atoms. The third-order valence-corrected chi connectivity index (χ3v) is 4.81. The molecule has 0 saturated heterocycles. The van der Waals surface area contributed by atoms with E-state index in [-0.39, 0.29) is 0 Å². The second-order valence-corrected chi connectivity index (χ2v) is 6.42. The standard InChI is InChI=1S/C14H20N4OS/c1-18(11-6-4-10(15)5-7-11)9-13-16-14(19-17-13)12-3-2-8-20-12/h2-3,8,10-11H,4-7,9,15H2,1H3. The molecule has 0 radical (unpaired) electrons. The monoisotopic (exact) mass is 292 g/mol. The van der Waals surface area contributed by atoms with Crippen molar-refractivity contribution in [2.24, 2.45) is 5.73 Å². The summed E-state index contributed by atoms with van der Waals surface area (Å²) in [6, 6.07) is 4.95. The van der Waals surface area contributed by atoms with Crippen molar-refractivity contribution >= 4 is 11.3 Å². The van der Waals surface area contributed by atoms with Crippen molar-refractivity contribution in [2.75, 3.05) is 7.05 Å². The highest BCUT2D eigenvalue weighted by molar-refractivity contribution is 7.13. The number of aromatic nitrogens is 2. The van der Waals surface area contributed by atoms with Crippen LogP contribution in [0.3, 0.4) is 0 Å². The van der Waals surface area contributed by atoms with Crippen LogP contribution in [0.25, 0.3) is 10.8 Å². The molecule has 2 N–H and O–H groups in total. The first-order valence-electron chi connectivity index (χ1n) is 7.04. The van der Waals surface area contributed by atoms with E-state index >= 15 is 0 Å². The van der Waals surface area contributed by atoms with E-state index in [0.717, 1.165) is 42.9 Å². The van der Waals surface area contributed by atoms with Crippen molar-refractivity contribution in [3.05, 3.63) is 23.3 Å². The molecule has 2 heterocycles. The molecule has 1 aliphatic carbocycles. The maximum atomic E-state index is 5.95. The summed E-state index contributed by atoms with van der Waals surface area (Å²) in [7, 11) is 2.13. The van der Waals surface area contributed by atoms with Gasteiger partial charge in [-0.05, 0) is 44.2 Å². The van der Waals surface area contributed by atoms with Gasteiger partial charge in [0.15, 0.2) is 5.82 Å². The third-order valence-electron chi connectivity index (χ3n) is 3.96. The molecular weight excluding hydrogens is 272 g/mol. The van der Waals surface area contributed by atoms with Crippen LogP contribution in [0.15, 0.2) is 22.0 Å². The van der Waals surface area contributed by atoms with Gasteiger partial charge in [-0.3, -0.25) is 4.90 Å². The van der Waals surface area contributed by atoms with Crippen molar-refractivity contribution in [2.45, 2.75) is 44.3 Å². The molecule has 2 aromatic heterocycles. The summed E-state index contributed by atoms with van der Waals surface area (Å²) >= 11 is 1.61. The van der Waals surface area contributed by atoms with Gasteiger partial charge in [-0.2, -0.15) is 4.98 Å². The van der Waals surface area contributed by atoms with Gasteiger partial charge >= 0.3 is 0 Å². The van der Waals surface area contributed by atoms with Gasteiger partial charge in [0.05, 0.1) is 11.4 Å². The average Bonchev–Trinajstić information content (AvgIpc) is 3.09. The molecule has 1 fully saturated rings. The molecule has 1 saturated carbocycles. The molecule has 0 bridgehead atoms. The van der Waals surface area contributed by atoms with Gasteiger partial charge in [0.2, 0.25) is 0 Å². The number of thiophene rings is 1. The summed E-state index contributed by atoms with van der Waals surface area (Å²) < 4.78 is 5.32. The van der Waals surface area contributed by atoms with Crippen LogP contribution in [0, 0.1) is 0 Å². The van der Waals surface area contributed by atoms with Gasteiger partial charge in [-0.1, -0.05) is 11.2 Å². The highest BCUT2D eigenvalue weighted by Gasteiger charge is 2.23. The highest BCUT2D eigenvalue weighted by atomic mass is 32.1. The molecule has 1 aliphatic rings. The minimum Gasteiger partial charge on any atom is -0.333 e. The van der Waals surface area contributed by atoms with E-state index in [1.165, 1.54) is 0 Å². The predicted octanol–water partition coefficient (Wildman–Crippen LogP) is 2.50. The minimum absolute atomic E-state index is 0.384. The smallest absolute Gasteiger partial charge is 0.268 e. The fourth-order valence-corrected chi connectivity index (χ4v) is 3.36. The molecule has 2 aromatic rings. The topological polar surface area (TPSA) is 68.2 Å². The summed E-state index contributed by atoms with van der Waals surface area (Å²) in [4.78, 5) is 7.81. The van der Waals surface area contributed by atoms with Crippen LogP contribution >= 0.6 is 11.3 Å². The Kier molecular flexibility index (Phi) is 4.14. The van der Waals surface area contributed by atoms with Gasteiger partial charge < -0.3 is 10.3 Å². The number of hydrogen-bond acceptors (Lipinski definition) is 6. The minimum atomic E-state index is 0.384. The Morgan fingerprint density at radius 2 is 2.20 bits per heavy atom. The molecule has 0 amide bonds. The van der Waals surface area contributed by atoms with E-state index in [4.69, 9.17) is 10.3 Å². The summed E-state index contributed by atoms with van der Waals surface area (Å²) in [6.07, 6.45) is 4.55. The van der Waals surface area contributed by atoms with Crippen LogP contribution in [0.1, 0.15) is 31.5 Å². The Morgan fingerprint density at radius 1 is 1.40 bits per heavy atom. The van der Waals surface area contributed by atoms with Crippen LogP contribution < -0.4 is 5.73 Å². The van der Waals surface area contributed by atoms with E-state index in [2.05, 4.69) is 22.1 Å². The fourth-order valence-electron chi connectivity index (χ4n) is 2.71. The highest BCUT2D eigenvalue weighted by Crippen LogP contribution is 2.24. The molecule has 6 heteroatoms. The lowest BCUT2D eigenvalue weighted by Crippen LogP contribution is -2.38. The molecule has 108 valence electrons. The molecule has 0 aromatic carbocycles. The lowest BCUT2D eigenvalue weighted by atomic mass is 9.91. The zero-order chi connectivity index (χ0) is 13.9. The Bertz CT molecular complexity index is 531. The third kappa shape index (κ3) is 3.08. The van der Waals surface area contributed by atoms with Crippen LogP contribution in [-0.4, -0.2) is 34.2 Å². The molecular formula is C14H20N4OS. The van der Waals surface area contributed by atoms with Crippen molar-refractivity contribution in [1.29, 1.82) is 0 Å². The second kappa shape index (κ2) is 6.03. The first-order chi connectivity index (χ1) is 9.72. The molecule has 0 aliphatic heterocycles. The molecule has 0 spiro atoms. The molecule has 0 atom stereocenters. The zero-order valence-electron chi connectivity index (χ0n) is 11.7. The van der Waals surface area contributed by atoms with Crippen molar-refractivity contribution in [1.82, 2.24) is 15.0 Å². The Balaban J connectivity index is 1.60. The van der Waals surface area contributed by atoms with Crippen LogP contribution in [0.4, 0.5) is 0 Å². The second-order valence-electron chi connectivity index (χ2n) is 5.48. The lowest BCUT2D eigenvalue weighted by Gasteiger charge is -2.32. The van der Waals surface area contributed by atoms with Gasteiger partial charge in [-0.25, -0.2) is 0 Å². The molecule has 3 rings (SSSR count). The van der Waals surface area contributed by atoms with Crippen molar-refractivity contribution in [3.63, 3.8) is 0 Å². The first kappa shape index (κ1) is 13.7. The average molecular weight is 292 g/mol. The molecule has 5 nitrogen and oxygen atoms in total. The van der Waals surface area contributed by atoms with Crippen LogP contribution in [0.2, 0.25) is 0 Å². The van der Waals surface area contributed by atoms with E-state index in [0.29, 0.717) is 18.0 Å². The van der Waals surface area contributed by atoms with E-state index in [9.17, 15) is 0 Å². The number of hydrogen-bond donors (Lipinski definition) is 1. The maximum Gasteiger partial charge on any atom is 0.268 e. The van der Waals surface area contributed by atoms with Crippen molar-refractivity contribution in [3.8, 4) is 10.8 Å². The Hall–Kier alpha value is -1.24. The Morgan fingerprint density at radius 3 is 2.90 bits per heavy atom. The lowest BCUT2D eigenvalue weighted by molar-refractivity contribution is 0.171. The summed E-state index contributed by atoms with van der Waals surface area (Å²) in [6.45, 7) is 0.731. The van der Waals surface area contributed by atoms with Gasteiger partial charge in [0.25, 0.3) is 5.89 Å². The normalized spacial score (nSPS) is 23.4. The predicted molar refractivity (Wildman–Crippen MR) is 79.3 cm³/mol. The quantitative estimate of drug-likeness (QED) is 0.937. The van der Waals surface area contributed by atoms with E-state index in [1.54, 1.807) is 11.3 Å². The summed E-state index contributed by atoms with van der Waals surface area (Å²) in [5.41, 5.74) is 5.95. The van der Waals surface area contributed by atoms with E-state index < -0.39 is 0 Å². The molecule has 0 unspecified atom stereocenters. The number of nitrogens with zero attached hydrogens (tertiary/aromatic N) is 3. The largest absolute Gasteiger partial charge is 0.333 e. The number of rotatable bonds is 4. The van der Waals surface area contributed by atoms with E-state index in [1.807, 2.05) is 17.5 Å². The Labute approximate surface area is 122 Å². The SMILES string of the molecule is CN(Cc1noc(-c2cccs2)n1)C1CCC(N)CC1. The maximum absolute atomic E-state index is 5.95. The summed E-state index contributed by atoms with van der Waals surface area (Å²) in [5, 5.41) is 6.09.